The van der Waals surface area contributed by atoms with Gasteiger partial charge in [-0.05, 0) is 29.8 Å². The van der Waals surface area contributed by atoms with E-state index in [9.17, 15) is 0 Å². The molecule has 1 aromatic heterocycles. The number of hydrogen-bond acceptors (Lipinski definition) is 2. The van der Waals surface area contributed by atoms with Gasteiger partial charge in [-0.25, -0.2) is 4.98 Å². The molecule has 19 heavy (non-hydrogen) atoms. The Hall–Kier alpha value is -1.45. The maximum Gasteiger partial charge on any atom is 0.121 e. The van der Waals surface area contributed by atoms with Crippen molar-refractivity contribution in [3.63, 3.8) is 0 Å². The Morgan fingerprint density at radius 2 is 1.89 bits per heavy atom. The van der Waals surface area contributed by atoms with Crippen LogP contribution >= 0.6 is 23.4 Å². The lowest BCUT2D eigenvalue weighted by Gasteiger charge is -2.14. The highest BCUT2D eigenvalue weighted by molar-refractivity contribution is 7.99. The molecular weight excluding hydrogens is 276 g/mol. The second-order valence-electron chi connectivity index (χ2n) is 4.60. The van der Waals surface area contributed by atoms with Crippen LogP contribution in [0.1, 0.15) is 16.8 Å². The molecule has 1 aliphatic rings. The lowest BCUT2D eigenvalue weighted by Crippen LogP contribution is -2.02. The number of fused-ring (bicyclic) bond motifs is 3. The van der Waals surface area contributed by atoms with Crippen molar-refractivity contribution in [1.82, 2.24) is 9.55 Å². The molecule has 1 aliphatic heterocycles. The van der Waals surface area contributed by atoms with E-state index in [0.29, 0.717) is 5.37 Å². The summed E-state index contributed by atoms with van der Waals surface area (Å²) in [6.07, 6.45) is 0. The molecule has 0 radical (unpaired) electrons. The van der Waals surface area contributed by atoms with Crippen LogP contribution in [0.2, 0.25) is 5.02 Å². The Morgan fingerprint density at radius 3 is 2.74 bits per heavy atom. The molecule has 2 nitrogen and oxygen atoms in total. The quantitative estimate of drug-likeness (QED) is 0.656. The summed E-state index contributed by atoms with van der Waals surface area (Å²) in [6.45, 7) is 0. The fourth-order valence-electron chi connectivity index (χ4n) is 2.56. The lowest BCUT2D eigenvalue weighted by molar-refractivity contribution is 0.794. The fraction of sp³-hybridized carbons (Fsp3) is 0.133. The molecule has 1 atom stereocenters. The van der Waals surface area contributed by atoms with Crippen LogP contribution in [-0.2, 0) is 5.75 Å². The SMILES string of the molecule is Clc1ccc([C@@H]2SCc3nc4ccccc4n32)cc1. The van der Waals surface area contributed by atoms with Gasteiger partial charge in [0.2, 0.25) is 0 Å². The summed E-state index contributed by atoms with van der Waals surface area (Å²) < 4.78 is 2.34. The average Bonchev–Trinajstić information content (AvgIpc) is 2.98. The molecule has 0 saturated carbocycles. The fourth-order valence-corrected chi connectivity index (χ4v) is 3.93. The molecule has 3 aromatic rings. The number of halogens is 1. The number of rotatable bonds is 1. The van der Waals surface area contributed by atoms with Crippen LogP contribution in [0.15, 0.2) is 48.5 Å². The second kappa shape index (κ2) is 4.29. The van der Waals surface area contributed by atoms with E-state index in [1.54, 1.807) is 0 Å². The van der Waals surface area contributed by atoms with Crippen molar-refractivity contribution in [2.24, 2.45) is 0 Å². The minimum atomic E-state index is 0.305. The molecule has 4 rings (SSSR count). The van der Waals surface area contributed by atoms with Crippen LogP contribution in [0.4, 0.5) is 0 Å². The van der Waals surface area contributed by atoms with Gasteiger partial charge >= 0.3 is 0 Å². The summed E-state index contributed by atoms with van der Waals surface area (Å²) in [5.74, 6) is 2.12. The first-order valence-corrected chi connectivity index (χ1v) is 7.58. The topological polar surface area (TPSA) is 17.8 Å². The summed E-state index contributed by atoms with van der Waals surface area (Å²) in [4.78, 5) is 4.70. The minimum absolute atomic E-state index is 0.305. The Morgan fingerprint density at radius 1 is 1.11 bits per heavy atom. The smallest absolute Gasteiger partial charge is 0.121 e. The number of benzene rings is 2. The molecule has 0 aliphatic carbocycles. The van der Waals surface area contributed by atoms with Crippen LogP contribution in [0.3, 0.4) is 0 Å². The van der Waals surface area contributed by atoms with Gasteiger partial charge in [0.15, 0.2) is 0 Å². The molecule has 0 fully saturated rings. The number of aromatic nitrogens is 2. The standard InChI is InChI=1S/C15H11ClN2S/c16-11-7-5-10(6-8-11)15-18-13-4-2-1-3-12(13)17-14(18)9-19-15/h1-8,15H,9H2/t15-/m0/s1. The number of hydrogen-bond donors (Lipinski definition) is 0. The maximum absolute atomic E-state index is 5.97. The molecule has 4 heteroatoms. The number of para-hydroxylation sites is 2. The highest BCUT2D eigenvalue weighted by atomic mass is 35.5. The molecule has 2 aromatic carbocycles. The third-order valence-corrected chi connectivity index (χ3v) is 4.90. The van der Waals surface area contributed by atoms with Crippen molar-refractivity contribution in [2.45, 2.75) is 11.1 Å². The van der Waals surface area contributed by atoms with Crippen molar-refractivity contribution < 1.29 is 0 Å². The molecule has 0 N–H and O–H groups in total. The zero-order valence-electron chi connectivity index (χ0n) is 10.1. The predicted octanol–water partition coefficient (Wildman–Crippen LogP) is 4.48. The summed E-state index contributed by atoms with van der Waals surface area (Å²) in [7, 11) is 0. The van der Waals surface area contributed by atoms with Crippen LogP contribution in [0.5, 0.6) is 0 Å². The van der Waals surface area contributed by atoms with E-state index in [1.165, 1.54) is 11.1 Å². The molecule has 0 unspecified atom stereocenters. The average molecular weight is 287 g/mol. The highest BCUT2D eigenvalue weighted by Gasteiger charge is 2.27. The Bertz CT molecular complexity index is 748. The molecule has 2 heterocycles. The van der Waals surface area contributed by atoms with E-state index in [4.69, 9.17) is 16.6 Å². The zero-order valence-corrected chi connectivity index (χ0v) is 11.7. The Labute approximate surface area is 120 Å². The summed E-state index contributed by atoms with van der Waals surface area (Å²) in [5.41, 5.74) is 3.57. The van der Waals surface area contributed by atoms with Gasteiger partial charge in [0, 0.05) is 5.02 Å². The van der Waals surface area contributed by atoms with Crippen LogP contribution in [0.25, 0.3) is 11.0 Å². The van der Waals surface area contributed by atoms with Gasteiger partial charge in [0.25, 0.3) is 0 Å². The van der Waals surface area contributed by atoms with Crippen LogP contribution in [0, 0.1) is 0 Å². The molecular formula is C15H11ClN2S. The molecule has 0 amide bonds. The second-order valence-corrected chi connectivity index (χ2v) is 6.11. The van der Waals surface area contributed by atoms with Crippen molar-refractivity contribution in [3.8, 4) is 0 Å². The first-order valence-electron chi connectivity index (χ1n) is 6.16. The van der Waals surface area contributed by atoms with Gasteiger partial charge in [-0.1, -0.05) is 35.9 Å². The molecule has 0 saturated heterocycles. The van der Waals surface area contributed by atoms with Gasteiger partial charge in [-0.15, -0.1) is 11.8 Å². The van der Waals surface area contributed by atoms with E-state index in [2.05, 4.69) is 34.9 Å². The third-order valence-electron chi connectivity index (χ3n) is 3.43. The Kier molecular flexibility index (Phi) is 2.57. The minimum Gasteiger partial charge on any atom is -0.310 e. The van der Waals surface area contributed by atoms with Crippen LogP contribution < -0.4 is 0 Å². The van der Waals surface area contributed by atoms with Gasteiger partial charge in [-0.3, -0.25) is 0 Å². The van der Waals surface area contributed by atoms with Crippen molar-refractivity contribution >= 4 is 34.4 Å². The first kappa shape index (κ1) is 11.4. The number of thioether (sulfide) groups is 1. The van der Waals surface area contributed by atoms with Crippen molar-refractivity contribution in [3.05, 3.63) is 64.9 Å². The summed E-state index contributed by atoms with van der Waals surface area (Å²) in [6, 6.07) is 16.4. The van der Waals surface area contributed by atoms with Gasteiger partial charge in [-0.2, -0.15) is 0 Å². The van der Waals surface area contributed by atoms with E-state index in [0.717, 1.165) is 22.1 Å². The zero-order chi connectivity index (χ0) is 12.8. The van der Waals surface area contributed by atoms with Crippen LogP contribution in [-0.4, -0.2) is 9.55 Å². The van der Waals surface area contributed by atoms with Crippen molar-refractivity contribution in [1.29, 1.82) is 0 Å². The first-order chi connectivity index (χ1) is 9.33. The van der Waals surface area contributed by atoms with E-state index >= 15 is 0 Å². The molecule has 0 spiro atoms. The summed E-state index contributed by atoms with van der Waals surface area (Å²) >= 11 is 7.88. The largest absolute Gasteiger partial charge is 0.310 e. The van der Waals surface area contributed by atoms with E-state index < -0.39 is 0 Å². The highest BCUT2D eigenvalue weighted by Crippen LogP contribution is 2.42. The molecule has 0 bridgehead atoms. The predicted molar refractivity (Wildman–Crippen MR) is 80.6 cm³/mol. The molecule has 94 valence electrons. The van der Waals surface area contributed by atoms with Gasteiger partial charge in [0.05, 0.1) is 16.8 Å². The lowest BCUT2D eigenvalue weighted by atomic mass is 10.2. The van der Waals surface area contributed by atoms with Gasteiger partial charge in [0.1, 0.15) is 11.2 Å². The van der Waals surface area contributed by atoms with E-state index in [-0.39, 0.29) is 0 Å². The third kappa shape index (κ3) is 1.77. The van der Waals surface area contributed by atoms with E-state index in [1.807, 2.05) is 30.0 Å². The monoisotopic (exact) mass is 286 g/mol. The number of nitrogens with zero attached hydrogens (tertiary/aromatic N) is 2. The van der Waals surface area contributed by atoms with Crippen molar-refractivity contribution in [2.75, 3.05) is 0 Å². The maximum atomic E-state index is 5.97. The normalized spacial score (nSPS) is 17.8. The Balaban J connectivity index is 1.89. The van der Waals surface area contributed by atoms with Gasteiger partial charge < -0.3 is 4.57 Å². The number of imidazole rings is 1. The summed E-state index contributed by atoms with van der Waals surface area (Å²) in [5, 5.41) is 1.09.